The second kappa shape index (κ2) is 7.41. The summed E-state index contributed by atoms with van der Waals surface area (Å²) in [4.78, 5) is 4.59. The van der Waals surface area contributed by atoms with Crippen molar-refractivity contribution in [2.75, 3.05) is 31.1 Å². The highest BCUT2D eigenvalue weighted by Crippen LogP contribution is 2.27. The highest BCUT2D eigenvalue weighted by molar-refractivity contribution is 5.57. The predicted octanol–water partition coefficient (Wildman–Crippen LogP) is 1.50. The van der Waals surface area contributed by atoms with Gasteiger partial charge < -0.3 is 10.0 Å². The van der Waals surface area contributed by atoms with Gasteiger partial charge in [-0.1, -0.05) is 25.5 Å². The fourth-order valence-electron chi connectivity index (χ4n) is 2.90. The lowest BCUT2D eigenvalue weighted by molar-refractivity contribution is 0.238. The number of unbranched alkanes of at least 4 members (excludes halogenated alkanes) is 1. The Morgan fingerprint density at radius 1 is 1.13 bits per heavy atom. The average Bonchev–Trinajstić information content (AvgIpc) is 3.01. The van der Waals surface area contributed by atoms with Crippen LogP contribution in [0.5, 0.6) is 5.75 Å². The van der Waals surface area contributed by atoms with Gasteiger partial charge in [0, 0.05) is 32.7 Å². The van der Waals surface area contributed by atoms with Crippen LogP contribution in [0.4, 0.5) is 5.69 Å². The van der Waals surface area contributed by atoms with Crippen LogP contribution in [-0.4, -0.2) is 56.4 Å². The Balaban J connectivity index is 1.55. The number of aryl methyl sites for hydroxylation is 1. The first-order valence-electron chi connectivity index (χ1n) is 8.28. The number of hydrogen-bond acceptors (Lipinski definition) is 6. The SMILES string of the molecule is CCCCn1nnnc1CN1CCN(c2ccccc2O)CC1. The molecule has 1 N–H and O–H groups in total. The molecule has 2 aromatic rings. The summed E-state index contributed by atoms with van der Waals surface area (Å²) in [6.07, 6.45) is 2.23. The number of rotatable bonds is 6. The molecule has 23 heavy (non-hydrogen) atoms. The number of hydrogen-bond donors (Lipinski definition) is 1. The van der Waals surface area contributed by atoms with Crippen LogP contribution in [0.15, 0.2) is 24.3 Å². The third kappa shape index (κ3) is 3.79. The van der Waals surface area contributed by atoms with E-state index < -0.39 is 0 Å². The van der Waals surface area contributed by atoms with Crippen LogP contribution in [-0.2, 0) is 13.1 Å². The zero-order chi connectivity index (χ0) is 16.1. The zero-order valence-corrected chi connectivity index (χ0v) is 13.6. The maximum absolute atomic E-state index is 9.97. The fourth-order valence-corrected chi connectivity index (χ4v) is 2.90. The van der Waals surface area contributed by atoms with Gasteiger partial charge in [0.2, 0.25) is 0 Å². The van der Waals surface area contributed by atoms with Gasteiger partial charge in [-0.25, -0.2) is 4.68 Å². The largest absolute Gasteiger partial charge is 0.506 e. The summed E-state index contributed by atoms with van der Waals surface area (Å²) < 4.78 is 1.92. The Morgan fingerprint density at radius 3 is 2.65 bits per heavy atom. The molecule has 1 aliphatic rings. The Kier molecular flexibility index (Phi) is 5.07. The molecular formula is C16H24N6O. The second-order valence-corrected chi connectivity index (χ2v) is 5.92. The van der Waals surface area contributed by atoms with E-state index >= 15 is 0 Å². The molecule has 0 saturated carbocycles. The molecule has 7 heteroatoms. The lowest BCUT2D eigenvalue weighted by Gasteiger charge is -2.35. The van der Waals surface area contributed by atoms with Gasteiger partial charge in [-0.05, 0) is 29.0 Å². The third-order valence-corrected chi connectivity index (χ3v) is 4.29. The second-order valence-electron chi connectivity index (χ2n) is 5.92. The maximum Gasteiger partial charge on any atom is 0.165 e. The van der Waals surface area contributed by atoms with Crippen LogP contribution in [0.25, 0.3) is 0 Å². The van der Waals surface area contributed by atoms with Crippen molar-refractivity contribution in [2.24, 2.45) is 0 Å². The summed E-state index contributed by atoms with van der Waals surface area (Å²) in [5.41, 5.74) is 0.917. The monoisotopic (exact) mass is 316 g/mol. The molecule has 0 radical (unpaired) electrons. The fraction of sp³-hybridized carbons (Fsp3) is 0.562. The standard InChI is InChI=1S/C16H24N6O/c1-2-3-8-22-16(17-18-19-22)13-20-9-11-21(12-10-20)14-6-4-5-7-15(14)23/h4-7,23H,2-3,8-13H2,1H3. The van der Waals surface area contributed by atoms with Crippen LogP contribution in [0, 0.1) is 0 Å². The molecule has 0 bridgehead atoms. The van der Waals surface area contributed by atoms with Gasteiger partial charge in [0.25, 0.3) is 0 Å². The number of piperazine rings is 1. The summed E-state index contributed by atoms with van der Waals surface area (Å²) in [6, 6.07) is 7.52. The van der Waals surface area contributed by atoms with Crippen molar-refractivity contribution in [3.8, 4) is 5.75 Å². The molecule has 7 nitrogen and oxygen atoms in total. The molecule has 1 aromatic carbocycles. The first-order valence-corrected chi connectivity index (χ1v) is 8.28. The lowest BCUT2D eigenvalue weighted by atomic mass is 10.2. The molecule has 1 fully saturated rings. The van der Waals surface area contributed by atoms with Crippen LogP contribution in [0.2, 0.25) is 0 Å². The summed E-state index contributed by atoms with van der Waals surface area (Å²) in [7, 11) is 0. The van der Waals surface area contributed by atoms with E-state index in [0.717, 1.165) is 63.6 Å². The Labute approximate surface area is 136 Å². The van der Waals surface area contributed by atoms with Crippen LogP contribution >= 0.6 is 0 Å². The molecule has 0 atom stereocenters. The zero-order valence-electron chi connectivity index (χ0n) is 13.6. The van der Waals surface area contributed by atoms with Crippen molar-refractivity contribution >= 4 is 5.69 Å². The van der Waals surface area contributed by atoms with Gasteiger partial charge >= 0.3 is 0 Å². The quantitative estimate of drug-likeness (QED) is 0.871. The van der Waals surface area contributed by atoms with Crippen molar-refractivity contribution in [1.82, 2.24) is 25.1 Å². The van der Waals surface area contributed by atoms with E-state index in [4.69, 9.17) is 0 Å². The van der Waals surface area contributed by atoms with Crippen molar-refractivity contribution < 1.29 is 5.11 Å². The number of phenols is 1. The van der Waals surface area contributed by atoms with Crippen molar-refractivity contribution in [3.05, 3.63) is 30.1 Å². The number of phenolic OH excluding ortho intramolecular Hbond substituents is 1. The molecule has 1 aliphatic heterocycles. The summed E-state index contributed by atoms with van der Waals surface area (Å²) >= 11 is 0. The van der Waals surface area contributed by atoms with Gasteiger partial charge in [0.05, 0.1) is 12.2 Å². The number of aromatic nitrogens is 4. The molecule has 0 aliphatic carbocycles. The van der Waals surface area contributed by atoms with Crippen molar-refractivity contribution in [1.29, 1.82) is 0 Å². The number of para-hydroxylation sites is 2. The smallest absolute Gasteiger partial charge is 0.165 e. The van der Waals surface area contributed by atoms with Crippen LogP contribution in [0.3, 0.4) is 0 Å². The molecule has 1 saturated heterocycles. The van der Waals surface area contributed by atoms with E-state index in [1.54, 1.807) is 6.07 Å². The van der Waals surface area contributed by atoms with Crippen LogP contribution < -0.4 is 4.90 Å². The predicted molar refractivity (Wildman–Crippen MR) is 88.3 cm³/mol. The normalized spacial score (nSPS) is 16.0. The highest BCUT2D eigenvalue weighted by Gasteiger charge is 2.20. The first-order chi connectivity index (χ1) is 11.3. The van der Waals surface area contributed by atoms with E-state index in [1.165, 1.54) is 0 Å². The molecular weight excluding hydrogens is 292 g/mol. The number of benzene rings is 1. The topological polar surface area (TPSA) is 70.3 Å². The maximum atomic E-state index is 9.97. The molecule has 0 unspecified atom stereocenters. The molecule has 124 valence electrons. The van der Waals surface area contributed by atoms with Gasteiger partial charge in [-0.2, -0.15) is 0 Å². The van der Waals surface area contributed by atoms with Gasteiger partial charge in [-0.15, -0.1) is 5.10 Å². The van der Waals surface area contributed by atoms with E-state index in [1.807, 2.05) is 22.9 Å². The molecule has 0 spiro atoms. The molecule has 1 aromatic heterocycles. The number of nitrogens with zero attached hydrogens (tertiary/aromatic N) is 6. The minimum atomic E-state index is 0.351. The van der Waals surface area contributed by atoms with Gasteiger partial charge in [0.1, 0.15) is 5.75 Å². The molecule has 3 rings (SSSR count). The third-order valence-electron chi connectivity index (χ3n) is 4.29. The Morgan fingerprint density at radius 2 is 1.91 bits per heavy atom. The number of anilines is 1. The molecule has 2 heterocycles. The number of aromatic hydroxyl groups is 1. The summed E-state index contributed by atoms with van der Waals surface area (Å²) in [5.74, 6) is 1.29. The Hall–Kier alpha value is -2.15. The van der Waals surface area contributed by atoms with E-state index in [9.17, 15) is 5.11 Å². The van der Waals surface area contributed by atoms with E-state index in [2.05, 4.69) is 32.2 Å². The van der Waals surface area contributed by atoms with Crippen LogP contribution in [0.1, 0.15) is 25.6 Å². The first kappa shape index (κ1) is 15.7. The average molecular weight is 316 g/mol. The highest BCUT2D eigenvalue weighted by atomic mass is 16.3. The van der Waals surface area contributed by atoms with E-state index in [-0.39, 0.29) is 0 Å². The minimum absolute atomic E-state index is 0.351. The molecule has 0 amide bonds. The van der Waals surface area contributed by atoms with Gasteiger partial charge in [-0.3, -0.25) is 4.90 Å². The lowest BCUT2D eigenvalue weighted by Crippen LogP contribution is -2.46. The van der Waals surface area contributed by atoms with Crippen molar-refractivity contribution in [3.63, 3.8) is 0 Å². The summed E-state index contributed by atoms with van der Waals surface area (Å²) in [5, 5.41) is 22.0. The van der Waals surface area contributed by atoms with Crippen molar-refractivity contribution in [2.45, 2.75) is 32.9 Å². The van der Waals surface area contributed by atoms with E-state index in [0.29, 0.717) is 5.75 Å². The Bertz CT molecular complexity index is 621. The number of tetrazole rings is 1. The van der Waals surface area contributed by atoms with Gasteiger partial charge in [0.15, 0.2) is 5.82 Å². The minimum Gasteiger partial charge on any atom is -0.506 e. The summed E-state index contributed by atoms with van der Waals surface area (Å²) in [6.45, 7) is 7.51.